The van der Waals surface area contributed by atoms with Crippen LogP contribution in [-0.2, 0) is 16.1 Å². The van der Waals surface area contributed by atoms with E-state index in [1.54, 1.807) is 12.4 Å². The molecule has 0 unspecified atom stereocenters. The second-order valence-corrected chi connectivity index (χ2v) is 3.91. The molecule has 0 aliphatic carbocycles. The first-order valence-electron chi connectivity index (χ1n) is 5.90. The molecule has 0 saturated carbocycles. The molecule has 0 N–H and O–H groups in total. The summed E-state index contributed by atoms with van der Waals surface area (Å²) >= 11 is 4.23. The Balaban J connectivity index is 0.000000704. The fourth-order valence-corrected chi connectivity index (χ4v) is 1.81. The summed E-state index contributed by atoms with van der Waals surface area (Å²) in [4.78, 5) is 8.66. The maximum absolute atomic E-state index is 4.33. The van der Waals surface area contributed by atoms with Gasteiger partial charge in [0.15, 0.2) is 0 Å². The summed E-state index contributed by atoms with van der Waals surface area (Å²) in [5.74, 6) is 0. The third-order valence-electron chi connectivity index (χ3n) is 2.68. The minimum Gasteiger partial charge on any atom is -0.295 e. The van der Waals surface area contributed by atoms with Gasteiger partial charge in [-0.2, -0.15) is 0 Å². The van der Waals surface area contributed by atoms with Crippen LogP contribution in [0.4, 0.5) is 0 Å². The van der Waals surface area contributed by atoms with Crippen molar-refractivity contribution in [2.45, 2.75) is 0 Å². The molecule has 2 nitrogen and oxygen atoms in total. The normalized spacial score (nSPS) is 9.55. The Bertz CT molecular complexity index is 590. The van der Waals surface area contributed by atoms with E-state index in [9.17, 15) is 0 Å². The summed E-state index contributed by atoms with van der Waals surface area (Å²) in [6.45, 7) is 0. The molecule has 102 valence electrons. The first kappa shape index (κ1) is 15.3. The molecule has 0 bridgehead atoms. The first-order chi connectivity index (χ1) is 9.93. The summed E-state index contributed by atoms with van der Waals surface area (Å²) < 4.78 is 0. The van der Waals surface area contributed by atoms with Crippen molar-refractivity contribution in [2.75, 3.05) is 0 Å². The molecule has 1 aromatic carbocycles. The van der Waals surface area contributed by atoms with Gasteiger partial charge in [0.25, 0.3) is 0 Å². The predicted octanol–water partition coefficient (Wildman–Crippen LogP) is 4.49. The number of pyridine rings is 2. The van der Waals surface area contributed by atoms with Gasteiger partial charge in [-0.25, -0.2) is 0 Å². The van der Waals surface area contributed by atoms with Crippen molar-refractivity contribution in [3.05, 3.63) is 73.1 Å². The van der Waals surface area contributed by atoms with Crippen molar-refractivity contribution in [3.8, 4) is 22.5 Å². The average Bonchev–Trinajstić information content (AvgIpc) is 2.58. The number of hydrogen-bond donors (Lipinski definition) is 0. The molecule has 0 atom stereocenters. The molecule has 0 aliphatic heterocycles. The number of rotatable bonds is 2. The minimum absolute atomic E-state index is 0.926. The second kappa shape index (κ2) is 8.28. The van der Waals surface area contributed by atoms with Crippen LogP contribution in [0, 0.1) is 6.07 Å². The van der Waals surface area contributed by atoms with Gasteiger partial charge in [-0.05, 0) is 12.1 Å². The van der Waals surface area contributed by atoms with Crippen LogP contribution < -0.4 is 0 Å². The van der Waals surface area contributed by atoms with Gasteiger partial charge in [0, 0.05) is 23.8 Å². The first-order valence-corrected chi connectivity index (χ1v) is 12.3. The van der Waals surface area contributed by atoms with Crippen LogP contribution in [0.15, 0.2) is 67.0 Å². The standard InChI is InChI=1S/C16H11N2.HI.Pt/c1-3-10-17-15(8-1)13-6-5-7-14(12-13)16-9-2-4-11-18-16;;/h1-11H;1H;/q-1;;+2/p-1. The minimum atomic E-state index is 0.926. The van der Waals surface area contributed by atoms with Crippen molar-refractivity contribution < 1.29 is 16.1 Å². The largest absolute Gasteiger partial charge is 0.295 e. The molecule has 0 aliphatic rings. The summed E-state index contributed by atoms with van der Waals surface area (Å²) in [7, 11) is 0. The number of aromatic nitrogens is 2. The summed E-state index contributed by atoms with van der Waals surface area (Å²) in [5, 5.41) is 0. The zero-order valence-corrected chi connectivity index (χ0v) is 14.9. The summed E-state index contributed by atoms with van der Waals surface area (Å²) in [5.41, 5.74) is 3.82. The molecule has 0 amide bonds. The van der Waals surface area contributed by atoms with Gasteiger partial charge in [-0.3, -0.25) is 9.97 Å². The SMILES string of the molecule is [I][Pt+].[c-]1c(-c2ccccn2)cccc1-c1ccccn1. The van der Waals surface area contributed by atoms with E-state index in [2.05, 4.69) is 51.5 Å². The molecule has 3 rings (SSSR count). The molecule has 3 aromatic rings. The molecular formula is C16H11IN2Pt. The number of hydrogen-bond acceptors (Lipinski definition) is 2. The fraction of sp³-hybridized carbons (Fsp3) is 0. The number of benzene rings is 1. The van der Waals surface area contributed by atoms with Crippen molar-refractivity contribution >= 4 is 19.4 Å². The van der Waals surface area contributed by atoms with Gasteiger partial charge in [-0.15, -0.1) is 24.3 Å². The average molecular weight is 553 g/mol. The van der Waals surface area contributed by atoms with Crippen LogP contribution in [0.1, 0.15) is 0 Å². The summed E-state index contributed by atoms with van der Waals surface area (Å²) in [6.07, 6.45) is 3.58. The van der Waals surface area contributed by atoms with Gasteiger partial charge in [-0.1, -0.05) is 35.4 Å². The van der Waals surface area contributed by atoms with Crippen LogP contribution in [-0.4, -0.2) is 9.97 Å². The van der Waals surface area contributed by atoms with Crippen molar-refractivity contribution in [3.63, 3.8) is 0 Å². The van der Waals surface area contributed by atoms with Crippen LogP contribution in [0.5, 0.6) is 0 Å². The topological polar surface area (TPSA) is 25.8 Å². The van der Waals surface area contributed by atoms with Crippen LogP contribution in [0.2, 0.25) is 0 Å². The zero-order chi connectivity index (χ0) is 14.2. The van der Waals surface area contributed by atoms with Crippen LogP contribution >= 0.6 is 19.4 Å². The molecule has 0 saturated heterocycles. The Morgan fingerprint density at radius 1 is 0.700 bits per heavy atom. The van der Waals surface area contributed by atoms with Gasteiger partial charge in [0.1, 0.15) is 0 Å². The Morgan fingerprint density at radius 2 is 1.20 bits per heavy atom. The van der Waals surface area contributed by atoms with Gasteiger partial charge < -0.3 is 0 Å². The molecule has 2 heterocycles. The Hall–Kier alpha value is -1.06. The monoisotopic (exact) mass is 553 g/mol. The van der Waals surface area contributed by atoms with E-state index in [1.165, 1.54) is 0 Å². The fourth-order valence-electron chi connectivity index (χ4n) is 1.81. The predicted molar refractivity (Wildman–Crippen MR) is 85.8 cm³/mol. The molecule has 0 fully saturated rings. The zero-order valence-electron chi connectivity index (χ0n) is 10.4. The molecular weight excluding hydrogens is 542 g/mol. The molecule has 20 heavy (non-hydrogen) atoms. The van der Waals surface area contributed by atoms with E-state index in [4.69, 9.17) is 0 Å². The Labute approximate surface area is 140 Å². The van der Waals surface area contributed by atoms with E-state index in [0.29, 0.717) is 0 Å². The summed E-state index contributed by atoms with van der Waals surface area (Å²) in [6, 6.07) is 21.1. The third-order valence-corrected chi connectivity index (χ3v) is 2.68. The van der Waals surface area contributed by atoms with Gasteiger partial charge in [0.2, 0.25) is 0 Å². The molecule has 0 spiro atoms. The second-order valence-electron chi connectivity index (χ2n) is 3.91. The smallest absolute Gasteiger partial charge is 0.0183 e. The molecule has 4 heteroatoms. The van der Waals surface area contributed by atoms with E-state index in [-0.39, 0.29) is 0 Å². The Kier molecular flexibility index (Phi) is 6.34. The van der Waals surface area contributed by atoms with E-state index in [1.807, 2.05) is 54.6 Å². The maximum Gasteiger partial charge on any atom is 0.0183 e. The van der Waals surface area contributed by atoms with Crippen LogP contribution in [0.25, 0.3) is 22.5 Å². The van der Waals surface area contributed by atoms with Gasteiger partial charge in [0.05, 0.1) is 0 Å². The molecule has 2 aromatic heterocycles. The quantitative estimate of drug-likeness (QED) is 0.346. The number of nitrogens with zero attached hydrogens (tertiary/aromatic N) is 2. The Morgan fingerprint density at radius 3 is 1.60 bits per heavy atom. The van der Waals surface area contributed by atoms with E-state index >= 15 is 0 Å². The number of halogens is 1. The van der Waals surface area contributed by atoms with E-state index in [0.717, 1.165) is 22.5 Å². The van der Waals surface area contributed by atoms with Crippen molar-refractivity contribution in [1.29, 1.82) is 0 Å². The maximum atomic E-state index is 4.33. The van der Waals surface area contributed by atoms with Crippen LogP contribution in [0.3, 0.4) is 0 Å². The molecule has 0 radical (unpaired) electrons. The van der Waals surface area contributed by atoms with Gasteiger partial charge >= 0.3 is 35.5 Å². The van der Waals surface area contributed by atoms with E-state index < -0.39 is 0 Å². The van der Waals surface area contributed by atoms with Crippen molar-refractivity contribution in [2.24, 2.45) is 0 Å². The van der Waals surface area contributed by atoms with Crippen molar-refractivity contribution in [1.82, 2.24) is 9.97 Å². The third kappa shape index (κ3) is 3.97.